The molecule has 1 aliphatic rings. The van der Waals surface area contributed by atoms with Crippen molar-refractivity contribution >= 4 is 5.97 Å². The Morgan fingerprint density at radius 3 is 2.73 bits per heavy atom. The van der Waals surface area contributed by atoms with Crippen LogP contribution in [0.1, 0.15) is 20.3 Å². The lowest BCUT2D eigenvalue weighted by Gasteiger charge is -2.38. The first kappa shape index (κ1) is 12.5. The lowest BCUT2D eigenvalue weighted by Crippen LogP contribution is -2.53. The molecule has 1 atom stereocenters. The van der Waals surface area contributed by atoms with Crippen LogP contribution >= 0.6 is 0 Å². The first-order valence-electron chi connectivity index (χ1n) is 5.54. The minimum absolute atomic E-state index is 0.0300. The minimum Gasteiger partial charge on any atom is -0.468 e. The van der Waals surface area contributed by atoms with E-state index in [-0.39, 0.29) is 12.0 Å². The molecule has 0 radical (unpaired) electrons. The zero-order chi connectivity index (χ0) is 11.3. The second-order valence-electron chi connectivity index (χ2n) is 4.33. The fraction of sp³-hybridized carbons (Fsp3) is 0.909. The Morgan fingerprint density at radius 1 is 1.53 bits per heavy atom. The molecule has 88 valence electrons. The molecule has 1 saturated heterocycles. The Bertz CT molecular complexity index is 206. The maximum atomic E-state index is 11.2. The molecule has 0 bridgehead atoms. The van der Waals surface area contributed by atoms with Crippen molar-refractivity contribution in [3.63, 3.8) is 0 Å². The van der Waals surface area contributed by atoms with E-state index in [9.17, 15) is 4.79 Å². The summed E-state index contributed by atoms with van der Waals surface area (Å²) >= 11 is 0. The molecule has 0 aliphatic carbocycles. The summed E-state index contributed by atoms with van der Waals surface area (Å²) in [6.07, 6.45) is 0.914. The van der Waals surface area contributed by atoms with Gasteiger partial charge < -0.3 is 9.47 Å². The highest BCUT2D eigenvalue weighted by Gasteiger charge is 2.34. The summed E-state index contributed by atoms with van der Waals surface area (Å²) in [6, 6.07) is -0.0300. The molecular formula is C11H21NO3. The van der Waals surface area contributed by atoms with Gasteiger partial charge in [0.2, 0.25) is 0 Å². The SMILES string of the molecule is COC(=O)C1CCN1CCOCC(C)C. The highest BCUT2D eigenvalue weighted by molar-refractivity contribution is 5.76. The standard InChI is InChI=1S/C11H21NO3/c1-9(2)8-15-7-6-12-5-4-10(12)11(13)14-3/h9-10H,4-8H2,1-3H3. The molecule has 0 N–H and O–H groups in total. The topological polar surface area (TPSA) is 38.8 Å². The van der Waals surface area contributed by atoms with Gasteiger partial charge >= 0.3 is 5.97 Å². The average Bonchev–Trinajstić information content (AvgIpc) is 2.15. The van der Waals surface area contributed by atoms with Gasteiger partial charge in [0.25, 0.3) is 0 Å². The Kier molecular flexibility index (Phi) is 5.05. The summed E-state index contributed by atoms with van der Waals surface area (Å²) in [6.45, 7) is 7.54. The smallest absolute Gasteiger partial charge is 0.323 e. The summed E-state index contributed by atoms with van der Waals surface area (Å²) in [5, 5.41) is 0. The maximum Gasteiger partial charge on any atom is 0.323 e. The van der Waals surface area contributed by atoms with Crippen molar-refractivity contribution < 1.29 is 14.3 Å². The summed E-state index contributed by atoms with van der Waals surface area (Å²) < 4.78 is 10.2. The van der Waals surface area contributed by atoms with E-state index in [2.05, 4.69) is 18.7 Å². The highest BCUT2D eigenvalue weighted by Crippen LogP contribution is 2.17. The molecule has 1 rings (SSSR count). The molecule has 0 aromatic rings. The van der Waals surface area contributed by atoms with Crippen LogP contribution in [0.25, 0.3) is 0 Å². The fourth-order valence-corrected chi connectivity index (χ4v) is 1.61. The van der Waals surface area contributed by atoms with Crippen LogP contribution in [0.3, 0.4) is 0 Å². The van der Waals surface area contributed by atoms with Crippen molar-refractivity contribution in [1.29, 1.82) is 0 Å². The molecule has 0 aromatic carbocycles. The Morgan fingerprint density at radius 2 is 2.27 bits per heavy atom. The second-order valence-corrected chi connectivity index (χ2v) is 4.33. The van der Waals surface area contributed by atoms with Gasteiger partial charge in [-0.3, -0.25) is 9.69 Å². The van der Waals surface area contributed by atoms with Crippen LogP contribution < -0.4 is 0 Å². The predicted octanol–water partition coefficient (Wildman–Crippen LogP) is 0.906. The van der Waals surface area contributed by atoms with Crippen LogP contribution in [-0.2, 0) is 14.3 Å². The van der Waals surface area contributed by atoms with Crippen LogP contribution in [0.5, 0.6) is 0 Å². The van der Waals surface area contributed by atoms with Gasteiger partial charge in [-0.15, -0.1) is 0 Å². The minimum atomic E-state index is -0.120. The molecule has 4 heteroatoms. The lowest BCUT2D eigenvalue weighted by molar-refractivity contribution is -0.152. The van der Waals surface area contributed by atoms with Crippen molar-refractivity contribution in [2.45, 2.75) is 26.3 Å². The lowest BCUT2D eigenvalue weighted by atomic mass is 10.0. The van der Waals surface area contributed by atoms with E-state index < -0.39 is 0 Å². The van der Waals surface area contributed by atoms with Gasteiger partial charge in [0, 0.05) is 19.7 Å². The summed E-state index contributed by atoms with van der Waals surface area (Å²) in [5.74, 6) is 0.447. The monoisotopic (exact) mass is 215 g/mol. The van der Waals surface area contributed by atoms with Crippen molar-refractivity contribution in [2.24, 2.45) is 5.92 Å². The molecule has 0 saturated carbocycles. The molecular weight excluding hydrogens is 194 g/mol. The molecule has 15 heavy (non-hydrogen) atoms. The van der Waals surface area contributed by atoms with Gasteiger partial charge in [-0.1, -0.05) is 13.8 Å². The highest BCUT2D eigenvalue weighted by atomic mass is 16.5. The van der Waals surface area contributed by atoms with Crippen LogP contribution in [0, 0.1) is 5.92 Å². The molecule has 0 amide bonds. The zero-order valence-corrected chi connectivity index (χ0v) is 9.86. The normalized spacial score (nSPS) is 21.5. The van der Waals surface area contributed by atoms with Gasteiger partial charge in [0.1, 0.15) is 6.04 Å². The summed E-state index contributed by atoms with van der Waals surface area (Å²) in [4.78, 5) is 13.3. The van der Waals surface area contributed by atoms with Crippen LogP contribution in [0.15, 0.2) is 0 Å². The van der Waals surface area contributed by atoms with Crippen LogP contribution in [0.2, 0.25) is 0 Å². The number of carbonyl (C=O) groups excluding carboxylic acids is 1. The van der Waals surface area contributed by atoms with E-state index >= 15 is 0 Å². The van der Waals surface area contributed by atoms with Crippen molar-refractivity contribution in [1.82, 2.24) is 4.90 Å². The van der Waals surface area contributed by atoms with E-state index in [1.807, 2.05) is 0 Å². The Hall–Kier alpha value is -0.610. The quantitative estimate of drug-likeness (QED) is 0.487. The largest absolute Gasteiger partial charge is 0.468 e. The number of methoxy groups -OCH3 is 1. The summed E-state index contributed by atoms with van der Waals surface area (Å²) in [5.41, 5.74) is 0. The molecule has 1 fully saturated rings. The van der Waals surface area contributed by atoms with E-state index in [1.54, 1.807) is 0 Å². The molecule has 1 unspecified atom stereocenters. The number of carbonyl (C=O) groups is 1. The molecule has 1 heterocycles. The number of rotatable bonds is 6. The van der Waals surface area contributed by atoms with E-state index in [0.717, 1.165) is 26.1 Å². The predicted molar refractivity (Wildman–Crippen MR) is 57.7 cm³/mol. The van der Waals surface area contributed by atoms with E-state index in [1.165, 1.54) is 7.11 Å². The fourth-order valence-electron chi connectivity index (χ4n) is 1.61. The summed E-state index contributed by atoms with van der Waals surface area (Å²) in [7, 11) is 1.44. The number of ether oxygens (including phenoxy) is 2. The van der Waals surface area contributed by atoms with Gasteiger partial charge in [0.05, 0.1) is 13.7 Å². The first-order valence-corrected chi connectivity index (χ1v) is 5.54. The molecule has 1 aliphatic heterocycles. The maximum absolute atomic E-state index is 11.2. The van der Waals surface area contributed by atoms with Crippen molar-refractivity contribution in [3.05, 3.63) is 0 Å². The van der Waals surface area contributed by atoms with E-state index in [0.29, 0.717) is 12.5 Å². The molecule has 4 nitrogen and oxygen atoms in total. The molecule has 0 spiro atoms. The first-order chi connectivity index (χ1) is 7.15. The van der Waals surface area contributed by atoms with Crippen molar-refractivity contribution in [2.75, 3.05) is 33.4 Å². The van der Waals surface area contributed by atoms with Gasteiger partial charge in [-0.25, -0.2) is 0 Å². The third-order valence-corrected chi connectivity index (χ3v) is 2.58. The van der Waals surface area contributed by atoms with E-state index in [4.69, 9.17) is 9.47 Å². The molecule has 0 aromatic heterocycles. The second kappa shape index (κ2) is 6.08. The third-order valence-electron chi connectivity index (χ3n) is 2.58. The number of nitrogens with zero attached hydrogens (tertiary/aromatic N) is 1. The Balaban J connectivity index is 2.09. The Labute approximate surface area is 91.5 Å². The number of hydrogen-bond acceptors (Lipinski definition) is 4. The number of esters is 1. The van der Waals surface area contributed by atoms with Crippen molar-refractivity contribution in [3.8, 4) is 0 Å². The van der Waals surface area contributed by atoms with Crippen LogP contribution in [0.4, 0.5) is 0 Å². The van der Waals surface area contributed by atoms with Crippen LogP contribution in [-0.4, -0.2) is 50.3 Å². The average molecular weight is 215 g/mol. The van der Waals surface area contributed by atoms with Gasteiger partial charge in [-0.2, -0.15) is 0 Å². The van der Waals surface area contributed by atoms with Gasteiger partial charge in [0.15, 0.2) is 0 Å². The third kappa shape index (κ3) is 3.80. The van der Waals surface area contributed by atoms with Gasteiger partial charge in [-0.05, 0) is 12.3 Å². The number of hydrogen-bond donors (Lipinski definition) is 0. The zero-order valence-electron chi connectivity index (χ0n) is 9.86. The number of likely N-dealkylation sites (tertiary alicyclic amines) is 1.